The quantitative estimate of drug-likeness (QED) is 0.341. The number of nitro groups is 1. The SMILES string of the molecule is CC(=O)Nc1ccc(NC(=O)CSc2nnc(-c3ccccc3[N+](=O)[O-])o2)cc1. The van der Waals surface area contributed by atoms with Gasteiger partial charge in [0.05, 0.1) is 10.7 Å². The molecule has 0 aliphatic heterocycles. The fourth-order valence-corrected chi connectivity index (χ4v) is 2.92. The molecule has 0 bridgehead atoms. The number of amides is 2. The van der Waals surface area contributed by atoms with E-state index in [4.69, 9.17) is 4.42 Å². The maximum absolute atomic E-state index is 12.1. The molecule has 0 radical (unpaired) electrons. The van der Waals surface area contributed by atoms with E-state index in [9.17, 15) is 19.7 Å². The zero-order valence-corrected chi connectivity index (χ0v) is 15.9. The molecule has 0 atom stereocenters. The van der Waals surface area contributed by atoms with Gasteiger partial charge in [0.15, 0.2) is 0 Å². The topological polar surface area (TPSA) is 140 Å². The number of thioether (sulfide) groups is 1. The lowest BCUT2D eigenvalue weighted by atomic mass is 10.2. The second-order valence-electron chi connectivity index (χ2n) is 5.74. The van der Waals surface area contributed by atoms with Gasteiger partial charge in [-0.05, 0) is 30.3 Å². The molecule has 1 aromatic heterocycles. The van der Waals surface area contributed by atoms with Crippen LogP contribution in [0, 0.1) is 10.1 Å². The number of anilines is 2. The number of carbonyl (C=O) groups excluding carboxylic acids is 2. The highest BCUT2D eigenvalue weighted by Gasteiger charge is 2.20. The van der Waals surface area contributed by atoms with Gasteiger partial charge in [-0.15, -0.1) is 10.2 Å². The van der Waals surface area contributed by atoms with Crippen molar-refractivity contribution in [2.45, 2.75) is 12.1 Å². The van der Waals surface area contributed by atoms with Crippen LogP contribution in [-0.4, -0.2) is 32.7 Å². The Labute approximate surface area is 168 Å². The van der Waals surface area contributed by atoms with Crippen molar-refractivity contribution in [3.8, 4) is 11.5 Å². The monoisotopic (exact) mass is 413 g/mol. The molecule has 0 aliphatic rings. The summed E-state index contributed by atoms with van der Waals surface area (Å²) in [7, 11) is 0. The Morgan fingerprint density at radius 1 is 1.07 bits per heavy atom. The number of hydrogen-bond acceptors (Lipinski definition) is 8. The van der Waals surface area contributed by atoms with E-state index in [1.54, 1.807) is 36.4 Å². The Balaban J connectivity index is 1.58. The average molecular weight is 413 g/mol. The number of rotatable bonds is 7. The van der Waals surface area contributed by atoms with E-state index in [1.807, 2.05) is 0 Å². The van der Waals surface area contributed by atoms with Gasteiger partial charge in [-0.25, -0.2) is 0 Å². The van der Waals surface area contributed by atoms with Crippen LogP contribution in [0.25, 0.3) is 11.5 Å². The summed E-state index contributed by atoms with van der Waals surface area (Å²) in [5.74, 6) is -0.467. The van der Waals surface area contributed by atoms with Gasteiger partial charge in [-0.2, -0.15) is 0 Å². The van der Waals surface area contributed by atoms with Gasteiger partial charge in [-0.1, -0.05) is 23.9 Å². The summed E-state index contributed by atoms with van der Waals surface area (Å²) >= 11 is 1.01. The molecule has 0 unspecified atom stereocenters. The van der Waals surface area contributed by atoms with Crippen molar-refractivity contribution in [1.82, 2.24) is 10.2 Å². The predicted molar refractivity (Wildman–Crippen MR) is 106 cm³/mol. The number of para-hydroxylation sites is 1. The summed E-state index contributed by atoms with van der Waals surface area (Å²) in [6.45, 7) is 1.41. The Bertz CT molecular complexity index is 1050. The van der Waals surface area contributed by atoms with Crippen LogP contribution < -0.4 is 10.6 Å². The smallest absolute Gasteiger partial charge is 0.282 e. The fourth-order valence-electron chi connectivity index (χ4n) is 2.36. The van der Waals surface area contributed by atoms with E-state index in [1.165, 1.54) is 19.1 Å². The minimum absolute atomic E-state index is 0.00592. The highest BCUT2D eigenvalue weighted by atomic mass is 32.2. The Hall–Kier alpha value is -3.73. The summed E-state index contributed by atoms with van der Waals surface area (Å²) in [5, 5.41) is 24.2. The van der Waals surface area contributed by atoms with Gasteiger partial charge >= 0.3 is 0 Å². The normalized spacial score (nSPS) is 10.4. The number of aromatic nitrogens is 2. The van der Waals surface area contributed by atoms with E-state index >= 15 is 0 Å². The van der Waals surface area contributed by atoms with E-state index in [-0.39, 0.29) is 39.9 Å². The predicted octanol–water partition coefficient (Wildman–Crippen LogP) is 3.33. The van der Waals surface area contributed by atoms with Crippen LogP contribution in [0.2, 0.25) is 0 Å². The van der Waals surface area contributed by atoms with E-state index in [0.717, 1.165) is 11.8 Å². The van der Waals surface area contributed by atoms with Crippen LogP contribution in [0.15, 0.2) is 58.2 Å². The van der Waals surface area contributed by atoms with E-state index in [2.05, 4.69) is 20.8 Å². The molecule has 3 aromatic rings. The summed E-state index contributed by atoms with van der Waals surface area (Å²) in [4.78, 5) is 33.7. The van der Waals surface area contributed by atoms with Crippen LogP contribution in [0.5, 0.6) is 0 Å². The molecule has 2 aromatic carbocycles. The first kappa shape index (κ1) is 20.0. The lowest BCUT2D eigenvalue weighted by Crippen LogP contribution is -2.14. The number of carbonyl (C=O) groups is 2. The Morgan fingerprint density at radius 2 is 1.72 bits per heavy atom. The first-order valence-corrected chi connectivity index (χ1v) is 9.28. The van der Waals surface area contributed by atoms with Gasteiger partial charge < -0.3 is 15.1 Å². The van der Waals surface area contributed by atoms with Crippen molar-refractivity contribution in [1.29, 1.82) is 0 Å². The third kappa shape index (κ3) is 5.39. The molecule has 2 N–H and O–H groups in total. The van der Waals surface area contributed by atoms with Crippen molar-refractivity contribution < 1.29 is 18.9 Å². The van der Waals surface area contributed by atoms with Crippen LogP contribution in [0.1, 0.15) is 6.92 Å². The van der Waals surface area contributed by atoms with Gasteiger partial charge in [0, 0.05) is 24.4 Å². The summed E-state index contributed by atoms with van der Waals surface area (Å²) in [6.07, 6.45) is 0. The van der Waals surface area contributed by atoms with Crippen LogP contribution in [-0.2, 0) is 9.59 Å². The molecular weight excluding hydrogens is 398 g/mol. The second-order valence-corrected chi connectivity index (χ2v) is 6.67. The molecule has 0 saturated carbocycles. The number of benzene rings is 2. The molecule has 1 heterocycles. The maximum Gasteiger partial charge on any atom is 0.282 e. The van der Waals surface area contributed by atoms with E-state index < -0.39 is 4.92 Å². The molecule has 11 heteroatoms. The number of nitro benzene ring substituents is 1. The molecule has 2 amide bonds. The second kappa shape index (κ2) is 8.97. The zero-order valence-electron chi connectivity index (χ0n) is 15.1. The van der Waals surface area contributed by atoms with Crippen molar-refractivity contribution in [3.63, 3.8) is 0 Å². The first-order valence-electron chi connectivity index (χ1n) is 8.30. The third-order valence-corrected chi connectivity index (χ3v) is 4.37. The van der Waals surface area contributed by atoms with Gasteiger partial charge in [0.2, 0.25) is 11.8 Å². The molecule has 10 nitrogen and oxygen atoms in total. The number of nitrogens with one attached hydrogen (secondary N) is 2. The molecule has 29 heavy (non-hydrogen) atoms. The summed E-state index contributed by atoms with van der Waals surface area (Å²) in [6, 6.07) is 12.7. The molecule has 0 spiro atoms. The maximum atomic E-state index is 12.1. The largest absolute Gasteiger partial charge is 0.411 e. The molecule has 0 aliphatic carbocycles. The molecule has 3 rings (SSSR count). The van der Waals surface area contributed by atoms with Crippen molar-refractivity contribution in [3.05, 3.63) is 58.6 Å². The number of hydrogen-bond donors (Lipinski definition) is 2. The molecular formula is C18H15N5O5S. The Morgan fingerprint density at radius 3 is 2.38 bits per heavy atom. The van der Waals surface area contributed by atoms with Crippen molar-refractivity contribution in [2.75, 3.05) is 16.4 Å². The minimum Gasteiger partial charge on any atom is -0.411 e. The third-order valence-electron chi connectivity index (χ3n) is 3.55. The Kier molecular flexibility index (Phi) is 6.19. The van der Waals surface area contributed by atoms with Gasteiger partial charge in [-0.3, -0.25) is 19.7 Å². The minimum atomic E-state index is -0.531. The van der Waals surface area contributed by atoms with Crippen molar-refractivity contribution in [2.24, 2.45) is 0 Å². The van der Waals surface area contributed by atoms with Crippen LogP contribution >= 0.6 is 11.8 Å². The van der Waals surface area contributed by atoms with E-state index in [0.29, 0.717) is 11.4 Å². The highest BCUT2D eigenvalue weighted by molar-refractivity contribution is 7.99. The lowest BCUT2D eigenvalue weighted by Gasteiger charge is -2.06. The summed E-state index contributed by atoms with van der Waals surface area (Å²) < 4.78 is 5.43. The molecule has 0 saturated heterocycles. The van der Waals surface area contributed by atoms with Gasteiger partial charge in [0.25, 0.3) is 16.8 Å². The average Bonchev–Trinajstić information content (AvgIpc) is 3.16. The highest BCUT2D eigenvalue weighted by Crippen LogP contribution is 2.30. The zero-order chi connectivity index (χ0) is 20.8. The first-order chi connectivity index (χ1) is 13.9. The molecule has 0 fully saturated rings. The van der Waals surface area contributed by atoms with Crippen LogP contribution in [0.4, 0.5) is 17.1 Å². The lowest BCUT2D eigenvalue weighted by molar-refractivity contribution is -0.384. The summed E-state index contributed by atoms with van der Waals surface area (Å²) in [5.41, 5.74) is 1.25. The van der Waals surface area contributed by atoms with Crippen LogP contribution in [0.3, 0.4) is 0 Å². The fraction of sp³-hybridized carbons (Fsp3) is 0.111. The standard InChI is InChI=1S/C18H15N5O5S/c1-11(24)19-12-6-8-13(9-7-12)20-16(25)10-29-18-22-21-17(28-18)14-4-2-3-5-15(14)23(26)27/h2-9H,10H2,1H3,(H,19,24)(H,20,25). The van der Waals surface area contributed by atoms with Crippen molar-refractivity contribution >= 4 is 40.6 Å². The van der Waals surface area contributed by atoms with Gasteiger partial charge in [0.1, 0.15) is 5.56 Å². The molecule has 148 valence electrons. The number of nitrogens with zero attached hydrogens (tertiary/aromatic N) is 3.